The van der Waals surface area contributed by atoms with Gasteiger partial charge >= 0.3 is 0 Å². The van der Waals surface area contributed by atoms with Gasteiger partial charge in [0.25, 0.3) is 0 Å². The molecule has 21 heavy (non-hydrogen) atoms. The molecule has 0 radical (unpaired) electrons. The maximum absolute atomic E-state index is 5.76. The molecule has 3 nitrogen and oxygen atoms in total. The highest BCUT2D eigenvalue weighted by Gasteiger charge is 2.30. The van der Waals surface area contributed by atoms with Gasteiger partial charge in [-0.1, -0.05) is 19.1 Å². The van der Waals surface area contributed by atoms with E-state index in [-0.39, 0.29) is 6.10 Å². The highest BCUT2D eigenvalue weighted by atomic mass is 16.5. The minimum Gasteiger partial charge on any atom is -0.491 e. The molecular weight excluding hydrogens is 262 g/mol. The molecule has 1 aromatic rings. The van der Waals surface area contributed by atoms with Crippen LogP contribution >= 0.6 is 0 Å². The number of hydrogen-bond acceptors (Lipinski definition) is 3. The molecule has 2 rings (SSSR count). The maximum Gasteiger partial charge on any atom is 0.119 e. The van der Waals surface area contributed by atoms with Gasteiger partial charge in [-0.15, -0.1) is 0 Å². The van der Waals surface area contributed by atoms with E-state index in [1.807, 2.05) is 0 Å². The second-order valence-electron chi connectivity index (χ2n) is 6.31. The van der Waals surface area contributed by atoms with Crippen molar-refractivity contribution >= 4 is 0 Å². The molecule has 3 heteroatoms. The van der Waals surface area contributed by atoms with Crippen molar-refractivity contribution in [3.63, 3.8) is 0 Å². The number of rotatable bonds is 7. The summed E-state index contributed by atoms with van der Waals surface area (Å²) in [4.78, 5) is 0. The summed E-state index contributed by atoms with van der Waals surface area (Å²) in [5.41, 5.74) is 1.34. The summed E-state index contributed by atoms with van der Waals surface area (Å²) in [6.45, 7) is 10.4. The Balaban J connectivity index is 2.08. The van der Waals surface area contributed by atoms with Gasteiger partial charge in [0.15, 0.2) is 0 Å². The van der Waals surface area contributed by atoms with Crippen LogP contribution in [0, 0.1) is 5.92 Å². The Kier molecular flexibility index (Phi) is 6.07. The zero-order valence-electron chi connectivity index (χ0n) is 13.8. The van der Waals surface area contributed by atoms with E-state index >= 15 is 0 Å². The van der Waals surface area contributed by atoms with Crippen LogP contribution in [-0.4, -0.2) is 25.4 Å². The lowest BCUT2D eigenvalue weighted by molar-refractivity contribution is 0.117. The Hall–Kier alpha value is -1.06. The van der Waals surface area contributed by atoms with Crippen LogP contribution in [0.4, 0.5) is 0 Å². The van der Waals surface area contributed by atoms with Gasteiger partial charge in [-0.2, -0.15) is 0 Å². The summed E-state index contributed by atoms with van der Waals surface area (Å²) < 4.78 is 11.5. The number of hydrogen-bond donors (Lipinski definition) is 1. The predicted molar refractivity (Wildman–Crippen MR) is 86.8 cm³/mol. The van der Waals surface area contributed by atoms with Crippen LogP contribution in [-0.2, 0) is 4.74 Å². The number of ether oxygens (including phenoxy) is 2. The Labute approximate surface area is 129 Å². The predicted octanol–water partition coefficient (Wildman–Crippen LogP) is 3.94. The Morgan fingerprint density at radius 2 is 2.00 bits per heavy atom. The van der Waals surface area contributed by atoms with Gasteiger partial charge in [-0.05, 0) is 57.9 Å². The standard InChI is InChI=1S/C18H29NO2/c1-5-10-19-18(16-11-14(4)20-12-16)15-6-8-17(9-7-15)21-13(2)3/h6-9,13-14,16,18-19H,5,10-12H2,1-4H3. The van der Waals surface area contributed by atoms with E-state index in [1.54, 1.807) is 0 Å². The van der Waals surface area contributed by atoms with E-state index in [1.165, 1.54) is 5.56 Å². The minimum atomic E-state index is 0.217. The zero-order valence-corrected chi connectivity index (χ0v) is 13.8. The van der Waals surface area contributed by atoms with Crippen LogP contribution < -0.4 is 10.1 Å². The quantitative estimate of drug-likeness (QED) is 0.825. The normalized spacial score (nSPS) is 23.5. The molecule has 0 saturated carbocycles. The fraction of sp³-hybridized carbons (Fsp3) is 0.667. The van der Waals surface area contributed by atoms with Crippen LogP contribution in [0.5, 0.6) is 5.75 Å². The van der Waals surface area contributed by atoms with Crippen LogP contribution in [0.3, 0.4) is 0 Å². The van der Waals surface area contributed by atoms with Crippen LogP contribution in [0.25, 0.3) is 0 Å². The first-order valence-electron chi connectivity index (χ1n) is 8.21. The molecule has 1 aromatic carbocycles. The molecule has 0 amide bonds. The van der Waals surface area contributed by atoms with Gasteiger partial charge < -0.3 is 14.8 Å². The number of benzene rings is 1. The third-order valence-corrected chi connectivity index (χ3v) is 3.93. The van der Waals surface area contributed by atoms with E-state index in [4.69, 9.17) is 9.47 Å². The van der Waals surface area contributed by atoms with Crippen LogP contribution in [0.1, 0.15) is 52.1 Å². The molecule has 0 spiro atoms. The lowest BCUT2D eigenvalue weighted by Gasteiger charge is -2.24. The number of nitrogens with one attached hydrogen (secondary N) is 1. The first-order chi connectivity index (χ1) is 10.1. The van der Waals surface area contributed by atoms with Crippen molar-refractivity contribution in [3.05, 3.63) is 29.8 Å². The fourth-order valence-corrected chi connectivity index (χ4v) is 2.97. The first kappa shape index (κ1) is 16.3. The molecular formula is C18H29NO2. The SMILES string of the molecule is CCCNC(c1ccc(OC(C)C)cc1)C1COC(C)C1. The van der Waals surface area contributed by atoms with Gasteiger partial charge in [0.2, 0.25) is 0 Å². The third kappa shape index (κ3) is 4.72. The molecule has 0 bridgehead atoms. The summed E-state index contributed by atoms with van der Waals surface area (Å²) in [6.07, 6.45) is 2.87. The average molecular weight is 291 g/mol. The molecule has 1 heterocycles. The summed E-state index contributed by atoms with van der Waals surface area (Å²) in [5.74, 6) is 1.50. The largest absolute Gasteiger partial charge is 0.491 e. The molecule has 118 valence electrons. The van der Waals surface area contributed by atoms with E-state index in [9.17, 15) is 0 Å². The molecule has 0 aliphatic carbocycles. The molecule has 3 atom stereocenters. The highest BCUT2D eigenvalue weighted by Crippen LogP contribution is 2.32. The Morgan fingerprint density at radius 3 is 2.52 bits per heavy atom. The monoisotopic (exact) mass is 291 g/mol. The summed E-state index contributed by atoms with van der Waals surface area (Å²) in [5, 5.41) is 3.69. The van der Waals surface area contributed by atoms with Crippen molar-refractivity contribution in [2.45, 2.75) is 58.8 Å². The smallest absolute Gasteiger partial charge is 0.119 e. The Bertz CT molecular complexity index is 416. The van der Waals surface area contributed by atoms with Gasteiger partial charge in [0.05, 0.1) is 18.8 Å². The topological polar surface area (TPSA) is 30.5 Å². The van der Waals surface area contributed by atoms with Gasteiger partial charge in [0, 0.05) is 12.0 Å². The van der Waals surface area contributed by atoms with E-state index in [0.717, 1.165) is 31.7 Å². The summed E-state index contributed by atoms with van der Waals surface area (Å²) in [6, 6.07) is 8.91. The second kappa shape index (κ2) is 7.81. The molecule has 1 aliphatic heterocycles. The molecule has 1 saturated heterocycles. The van der Waals surface area contributed by atoms with Crippen molar-refractivity contribution in [1.29, 1.82) is 0 Å². The van der Waals surface area contributed by atoms with Crippen molar-refractivity contribution in [3.8, 4) is 5.75 Å². The van der Waals surface area contributed by atoms with E-state index in [2.05, 4.69) is 57.3 Å². The lowest BCUT2D eigenvalue weighted by Crippen LogP contribution is -2.29. The first-order valence-corrected chi connectivity index (χ1v) is 8.21. The van der Waals surface area contributed by atoms with Gasteiger partial charge in [-0.25, -0.2) is 0 Å². The van der Waals surface area contributed by atoms with Crippen molar-refractivity contribution in [2.24, 2.45) is 5.92 Å². The van der Waals surface area contributed by atoms with Crippen LogP contribution in [0.15, 0.2) is 24.3 Å². The molecule has 3 unspecified atom stereocenters. The molecule has 1 aliphatic rings. The third-order valence-electron chi connectivity index (χ3n) is 3.93. The Morgan fingerprint density at radius 1 is 1.29 bits per heavy atom. The lowest BCUT2D eigenvalue weighted by atomic mass is 9.91. The molecule has 0 aromatic heterocycles. The summed E-state index contributed by atoms with van der Waals surface area (Å²) in [7, 11) is 0. The molecule has 1 fully saturated rings. The van der Waals surface area contributed by atoms with Gasteiger partial charge in [-0.3, -0.25) is 0 Å². The maximum atomic E-state index is 5.76. The van der Waals surface area contributed by atoms with E-state index in [0.29, 0.717) is 18.1 Å². The average Bonchev–Trinajstić information content (AvgIpc) is 2.87. The minimum absolute atomic E-state index is 0.217. The van der Waals surface area contributed by atoms with Crippen molar-refractivity contribution in [1.82, 2.24) is 5.32 Å². The van der Waals surface area contributed by atoms with Crippen LogP contribution in [0.2, 0.25) is 0 Å². The fourth-order valence-electron chi connectivity index (χ4n) is 2.97. The van der Waals surface area contributed by atoms with Crippen molar-refractivity contribution in [2.75, 3.05) is 13.2 Å². The summed E-state index contributed by atoms with van der Waals surface area (Å²) >= 11 is 0. The molecule has 1 N–H and O–H groups in total. The van der Waals surface area contributed by atoms with Gasteiger partial charge in [0.1, 0.15) is 5.75 Å². The second-order valence-corrected chi connectivity index (χ2v) is 6.31. The van der Waals surface area contributed by atoms with Crippen molar-refractivity contribution < 1.29 is 9.47 Å². The van der Waals surface area contributed by atoms with E-state index < -0.39 is 0 Å². The highest BCUT2D eigenvalue weighted by molar-refractivity contribution is 5.30. The zero-order chi connectivity index (χ0) is 15.2.